The van der Waals surface area contributed by atoms with Gasteiger partial charge in [0.1, 0.15) is 0 Å². The summed E-state index contributed by atoms with van der Waals surface area (Å²) in [6.45, 7) is 3.74. The van der Waals surface area contributed by atoms with Gasteiger partial charge in [0.25, 0.3) is 15.9 Å². The number of piperidine rings is 1. The second-order valence-corrected chi connectivity index (χ2v) is 9.74. The lowest BCUT2D eigenvalue weighted by atomic mass is 9.96. The van der Waals surface area contributed by atoms with Crippen LogP contribution in [0, 0.1) is 5.92 Å². The average Bonchev–Trinajstić information content (AvgIpc) is 2.83. The molecule has 0 saturated carbocycles. The number of hydrogen-bond acceptors (Lipinski definition) is 4. The van der Waals surface area contributed by atoms with Gasteiger partial charge in [0.2, 0.25) is 5.91 Å². The van der Waals surface area contributed by atoms with Crippen molar-refractivity contribution in [1.82, 2.24) is 10.2 Å². The number of unbranched alkanes of at least 4 members (excludes halogenated alkanes) is 1. The lowest BCUT2D eigenvalue weighted by molar-refractivity contribution is -0.126. The quantitative estimate of drug-likeness (QED) is 0.545. The minimum atomic E-state index is -3.68. The van der Waals surface area contributed by atoms with Crippen LogP contribution in [0.5, 0.6) is 0 Å². The fourth-order valence-electron chi connectivity index (χ4n) is 3.70. The van der Waals surface area contributed by atoms with Gasteiger partial charge in [0, 0.05) is 30.9 Å². The van der Waals surface area contributed by atoms with Gasteiger partial charge < -0.3 is 10.2 Å². The number of anilines is 1. The van der Waals surface area contributed by atoms with Crippen molar-refractivity contribution in [2.24, 2.45) is 5.92 Å². The maximum atomic E-state index is 12.9. The molecule has 1 heterocycles. The summed E-state index contributed by atoms with van der Waals surface area (Å²) >= 11 is 0. The Kier molecular flexibility index (Phi) is 8.65. The molecule has 1 fully saturated rings. The van der Waals surface area contributed by atoms with E-state index in [1.807, 2.05) is 30.3 Å². The highest BCUT2D eigenvalue weighted by atomic mass is 32.2. The molecular weight excluding hydrogens is 438 g/mol. The number of rotatable bonds is 9. The second-order valence-electron chi connectivity index (χ2n) is 8.17. The third-order valence-corrected chi connectivity index (χ3v) is 6.55. The highest BCUT2D eigenvalue weighted by Gasteiger charge is 2.28. The van der Waals surface area contributed by atoms with Crippen molar-refractivity contribution in [3.05, 3.63) is 71.1 Å². The average molecular weight is 470 g/mol. The van der Waals surface area contributed by atoms with Crippen molar-refractivity contribution in [3.8, 4) is 0 Å². The van der Waals surface area contributed by atoms with Crippen molar-refractivity contribution in [3.63, 3.8) is 0 Å². The van der Waals surface area contributed by atoms with Gasteiger partial charge in [-0.2, -0.15) is 0 Å². The summed E-state index contributed by atoms with van der Waals surface area (Å²) in [5.41, 5.74) is 1.61. The Morgan fingerprint density at radius 3 is 2.52 bits per heavy atom. The van der Waals surface area contributed by atoms with Crippen molar-refractivity contribution < 1.29 is 18.0 Å². The summed E-state index contributed by atoms with van der Waals surface area (Å²) in [7, 11) is -3.68. The van der Waals surface area contributed by atoms with Crippen LogP contribution in [0.25, 0.3) is 6.08 Å². The number of benzene rings is 2. The van der Waals surface area contributed by atoms with E-state index in [0.29, 0.717) is 30.9 Å². The summed E-state index contributed by atoms with van der Waals surface area (Å²) in [5, 5.41) is 4.07. The van der Waals surface area contributed by atoms with Gasteiger partial charge >= 0.3 is 0 Å². The zero-order valence-electron chi connectivity index (χ0n) is 18.9. The SMILES string of the molecule is CCCCNC(=O)C1CCCN(C(=O)c2ccc(NS(=O)(=O)/C=C/c3ccccc3)cc2)C1. The summed E-state index contributed by atoms with van der Waals surface area (Å²) in [6.07, 6.45) is 5.04. The highest BCUT2D eigenvalue weighted by Crippen LogP contribution is 2.20. The molecule has 7 nitrogen and oxygen atoms in total. The number of hydrogen-bond donors (Lipinski definition) is 2. The molecule has 1 aliphatic heterocycles. The topological polar surface area (TPSA) is 95.6 Å². The first kappa shape index (κ1) is 24.5. The minimum Gasteiger partial charge on any atom is -0.356 e. The van der Waals surface area contributed by atoms with Crippen LogP contribution in [0.4, 0.5) is 5.69 Å². The fourth-order valence-corrected chi connectivity index (χ4v) is 4.57. The summed E-state index contributed by atoms with van der Waals surface area (Å²) in [5.74, 6) is -0.337. The van der Waals surface area contributed by atoms with Crippen molar-refractivity contribution in [2.75, 3.05) is 24.4 Å². The smallest absolute Gasteiger partial charge is 0.255 e. The zero-order valence-corrected chi connectivity index (χ0v) is 19.7. The van der Waals surface area contributed by atoms with E-state index in [1.165, 1.54) is 6.08 Å². The van der Waals surface area contributed by atoms with Gasteiger partial charge in [-0.3, -0.25) is 14.3 Å². The predicted octanol–water partition coefficient (Wildman–Crippen LogP) is 3.87. The minimum absolute atomic E-state index is 0.00858. The highest BCUT2D eigenvalue weighted by molar-refractivity contribution is 7.95. The standard InChI is InChI=1S/C25H31N3O4S/c1-2-3-16-26-24(29)22-10-7-17-28(19-22)25(30)21-11-13-23(14-12-21)27-33(31,32)18-15-20-8-5-4-6-9-20/h4-6,8-9,11-15,18,22,27H,2-3,7,10,16-17,19H2,1H3,(H,26,29)/b18-15+. The lowest BCUT2D eigenvalue weighted by Gasteiger charge is -2.32. The molecule has 8 heteroatoms. The van der Waals surface area contributed by atoms with E-state index in [-0.39, 0.29) is 17.7 Å². The molecule has 2 aromatic carbocycles. The normalized spacial score (nSPS) is 16.5. The molecule has 0 aromatic heterocycles. The molecule has 1 atom stereocenters. The van der Waals surface area contributed by atoms with Crippen LogP contribution in [-0.4, -0.2) is 44.8 Å². The number of amides is 2. The van der Waals surface area contributed by atoms with Gasteiger partial charge in [0.15, 0.2) is 0 Å². The van der Waals surface area contributed by atoms with E-state index in [2.05, 4.69) is 17.0 Å². The van der Waals surface area contributed by atoms with Gasteiger partial charge in [-0.15, -0.1) is 0 Å². The first-order chi connectivity index (χ1) is 15.9. The number of nitrogens with one attached hydrogen (secondary N) is 2. The largest absolute Gasteiger partial charge is 0.356 e. The first-order valence-corrected chi connectivity index (χ1v) is 12.9. The molecule has 0 aliphatic carbocycles. The van der Waals surface area contributed by atoms with Crippen LogP contribution in [-0.2, 0) is 14.8 Å². The third kappa shape index (κ3) is 7.46. The van der Waals surface area contributed by atoms with Crippen LogP contribution >= 0.6 is 0 Å². The number of carbonyl (C=O) groups excluding carboxylic acids is 2. The van der Waals surface area contributed by atoms with Crippen LogP contribution < -0.4 is 10.0 Å². The number of likely N-dealkylation sites (tertiary alicyclic amines) is 1. The van der Waals surface area contributed by atoms with Gasteiger partial charge in [-0.25, -0.2) is 8.42 Å². The van der Waals surface area contributed by atoms with E-state index >= 15 is 0 Å². The Morgan fingerprint density at radius 1 is 1.09 bits per heavy atom. The molecule has 3 rings (SSSR count). The molecule has 1 unspecified atom stereocenters. The van der Waals surface area contributed by atoms with E-state index in [9.17, 15) is 18.0 Å². The fraction of sp³-hybridized carbons (Fsp3) is 0.360. The van der Waals surface area contributed by atoms with Crippen molar-refractivity contribution in [2.45, 2.75) is 32.6 Å². The Hall–Kier alpha value is -3.13. The molecule has 2 amide bonds. The molecule has 0 radical (unpaired) electrons. The first-order valence-electron chi connectivity index (χ1n) is 11.3. The summed E-state index contributed by atoms with van der Waals surface area (Å²) in [4.78, 5) is 27.0. The Bertz CT molecular complexity index is 1070. The molecule has 2 aromatic rings. The van der Waals surface area contributed by atoms with Crippen LogP contribution in [0.2, 0.25) is 0 Å². The Labute approximate surface area is 195 Å². The third-order valence-electron chi connectivity index (χ3n) is 5.54. The molecule has 33 heavy (non-hydrogen) atoms. The second kappa shape index (κ2) is 11.7. The summed E-state index contributed by atoms with van der Waals surface area (Å²) in [6, 6.07) is 15.5. The zero-order chi connectivity index (χ0) is 23.7. The molecule has 0 spiro atoms. The van der Waals surface area contributed by atoms with Crippen LogP contribution in [0.15, 0.2) is 60.0 Å². The monoisotopic (exact) mass is 469 g/mol. The van der Waals surface area contributed by atoms with E-state index < -0.39 is 10.0 Å². The number of nitrogens with zero attached hydrogens (tertiary/aromatic N) is 1. The molecule has 2 N–H and O–H groups in total. The Morgan fingerprint density at radius 2 is 1.82 bits per heavy atom. The summed E-state index contributed by atoms with van der Waals surface area (Å²) < 4.78 is 27.1. The molecule has 1 aliphatic rings. The van der Waals surface area contributed by atoms with Crippen molar-refractivity contribution >= 4 is 33.6 Å². The van der Waals surface area contributed by atoms with Gasteiger partial charge in [-0.05, 0) is 55.2 Å². The molecule has 0 bridgehead atoms. The Balaban J connectivity index is 1.58. The van der Waals surface area contributed by atoms with Gasteiger partial charge in [0.05, 0.1) is 11.3 Å². The van der Waals surface area contributed by atoms with E-state index in [4.69, 9.17) is 0 Å². The van der Waals surface area contributed by atoms with Crippen molar-refractivity contribution in [1.29, 1.82) is 0 Å². The van der Waals surface area contributed by atoms with E-state index in [0.717, 1.165) is 36.7 Å². The lowest BCUT2D eigenvalue weighted by Crippen LogP contribution is -2.45. The van der Waals surface area contributed by atoms with Crippen LogP contribution in [0.3, 0.4) is 0 Å². The molecule has 176 valence electrons. The predicted molar refractivity (Wildman–Crippen MR) is 131 cm³/mol. The maximum Gasteiger partial charge on any atom is 0.255 e. The maximum absolute atomic E-state index is 12.9. The number of sulfonamides is 1. The number of carbonyl (C=O) groups is 2. The van der Waals surface area contributed by atoms with E-state index in [1.54, 1.807) is 29.2 Å². The van der Waals surface area contributed by atoms with Gasteiger partial charge in [-0.1, -0.05) is 43.7 Å². The van der Waals surface area contributed by atoms with Crippen LogP contribution in [0.1, 0.15) is 48.5 Å². The molecule has 1 saturated heterocycles. The molecular formula is C25H31N3O4S.